The van der Waals surface area contributed by atoms with Crippen molar-refractivity contribution < 1.29 is 5.11 Å². The maximum atomic E-state index is 12.1. The molecule has 1 saturated carbocycles. The number of anilines is 2. The first-order valence-corrected chi connectivity index (χ1v) is 7.31. The Morgan fingerprint density at radius 2 is 2.05 bits per heavy atom. The van der Waals surface area contributed by atoms with Crippen molar-refractivity contribution in [2.24, 2.45) is 11.8 Å². The summed E-state index contributed by atoms with van der Waals surface area (Å²) < 4.78 is 1.41. The van der Waals surface area contributed by atoms with Crippen molar-refractivity contribution >= 4 is 11.5 Å². The largest absolute Gasteiger partial charge is 0.393 e. The van der Waals surface area contributed by atoms with Crippen LogP contribution < -0.4 is 21.9 Å². The van der Waals surface area contributed by atoms with Gasteiger partial charge in [-0.05, 0) is 24.7 Å². The molecule has 7 nitrogen and oxygen atoms in total. The molecule has 0 unspecified atom stereocenters. The summed E-state index contributed by atoms with van der Waals surface area (Å²) in [4.78, 5) is 28.0. The van der Waals surface area contributed by atoms with Crippen molar-refractivity contribution in [2.45, 2.75) is 39.3 Å². The Labute approximate surface area is 123 Å². The van der Waals surface area contributed by atoms with Gasteiger partial charge in [-0.15, -0.1) is 0 Å². The lowest BCUT2D eigenvalue weighted by atomic mass is 9.82. The van der Waals surface area contributed by atoms with Crippen molar-refractivity contribution in [3.05, 3.63) is 20.8 Å². The van der Waals surface area contributed by atoms with Gasteiger partial charge in [-0.1, -0.05) is 13.8 Å². The van der Waals surface area contributed by atoms with Gasteiger partial charge in [0.25, 0.3) is 5.56 Å². The van der Waals surface area contributed by atoms with Crippen molar-refractivity contribution in [3.8, 4) is 0 Å². The third-order valence-corrected chi connectivity index (χ3v) is 3.89. The van der Waals surface area contributed by atoms with Gasteiger partial charge in [0.1, 0.15) is 11.5 Å². The van der Waals surface area contributed by atoms with Crippen LogP contribution in [0.2, 0.25) is 0 Å². The third-order valence-electron chi connectivity index (χ3n) is 3.89. The maximum absolute atomic E-state index is 12.1. The molecule has 1 heterocycles. The van der Waals surface area contributed by atoms with E-state index in [0.717, 1.165) is 12.8 Å². The zero-order chi connectivity index (χ0) is 15.7. The minimum Gasteiger partial charge on any atom is -0.393 e. The molecule has 0 spiro atoms. The normalized spacial score (nSPS) is 21.4. The molecule has 7 heteroatoms. The van der Waals surface area contributed by atoms with E-state index in [1.165, 1.54) is 4.57 Å². The predicted molar refractivity (Wildman–Crippen MR) is 82.6 cm³/mol. The third kappa shape index (κ3) is 3.29. The standard InChI is InChI=1S/C14H24N4O3/c1-8(2)6-18-12(15)11(13(20)16-14(18)21)17(3)7-9-4-10(19)5-9/h8-10,19H,4-7,15H2,1-3H3,(H,16,20,21). The number of aromatic nitrogens is 2. The van der Waals surface area contributed by atoms with Gasteiger partial charge in [0.05, 0.1) is 6.10 Å². The molecule has 0 aliphatic heterocycles. The number of hydrogen-bond donors (Lipinski definition) is 3. The summed E-state index contributed by atoms with van der Waals surface area (Å²) in [5.74, 6) is 0.810. The van der Waals surface area contributed by atoms with Crippen LogP contribution in [0, 0.1) is 11.8 Å². The van der Waals surface area contributed by atoms with E-state index in [1.54, 1.807) is 11.9 Å². The second-order valence-electron chi connectivity index (χ2n) is 6.37. The first-order valence-electron chi connectivity index (χ1n) is 7.31. The molecule has 4 N–H and O–H groups in total. The zero-order valence-corrected chi connectivity index (χ0v) is 12.8. The van der Waals surface area contributed by atoms with Gasteiger partial charge in [-0.2, -0.15) is 0 Å². The number of nitrogens with one attached hydrogen (secondary N) is 1. The van der Waals surface area contributed by atoms with E-state index in [2.05, 4.69) is 4.98 Å². The van der Waals surface area contributed by atoms with Crippen LogP contribution in [0.5, 0.6) is 0 Å². The Balaban J connectivity index is 2.29. The second kappa shape index (κ2) is 5.93. The van der Waals surface area contributed by atoms with Gasteiger partial charge >= 0.3 is 5.69 Å². The molecule has 0 atom stereocenters. The molecule has 21 heavy (non-hydrogen) atoms. The monoisotopic (exact) mass is 296 g/mol. The summed E-state index contributed by atoms with van der Waals surface area (Å²) in [6.07, 6.45) is 1.26. The van der Waals surface area contributed by atoms with Crippen LogP contribution in [0.3, 0.4) is 0 Å². The molecule has 0 saturated heterocycles. The lowest BCUT2D eigenvalue weighted by Gasteiger charge is -2.35. The topological polar surface area (TPSA) is 104 Å². The van der Waals surface area contributed by atoms with Gasteiger partial charge in [-0.3, -0.25) is 14.3 Å². The lowest BCUT2D eigenvalue weighted by Crippen LogP contribution is -2.42. The number of aromatic amines is 1. The second-order valence-corrected chi connectivity index (χ2v) is 6.37. The van der Waals surface area contributed by atoms with E-state index in [4.69, 9.17) is 5.73 Å². The van der Waals surface area contributed by atoms with Gasteiger partial charge < -0.3 is 15.7 Å². The number of nitrogen functional groups attached to an aromatic ring is 1. The molecular formula is C14H24N4O3. The van der Waals surface area contributed by atoms with E-state index in [9.17, 15) is 14.7 Å². The first kappa shape index (κ1) is 15.6. The van der Waals surface area contributed by atoms with Gasteiger partial charge in [0, 0.05) is 20.1 Å². The van der Waals surface area contributed by atoms with Crippen molar-refractivity contribution in [3.63, 3.8) is 0 Å². The van der Waals surface area contributed by atoms with Crippen LogP contribution in [-0.4, -0.2) is 34.4 Å². The zero-order valence-electron chi connectivity index (χ0n) is 12.8. The maximum Gasteiger partial charge on any atom is 0.330 e. The molecule has 2 rings (SSSR count). The highest BCUT2D eigenvalue weighted by molar-refractivity contribution is 5.62. The van der Waals surface area contributed by atoms with E-state index in [1.807, 2.05) is 13.8 Å². The molecule has 118 valence electrons. The number of rotatable bonds is 5. The van der Waals surface area contributed by atoms with E-state index in [0.29, 0.717) is 24.7 Å². The molecule has 1 fully saturated rings. The SMILES string of the molecule is CC(C)Cn1c(N)c(N(C)CC2CC(O)C2)c(=O)[nH]c1=O. The Morgan fingerprint density at radius 3 is 2.57 bits per heavy atom. The predicted octanol–water partition coefficient (Wildman–Crippen LogP) is -0.0181. The van der Waals surface area contributed by atoms with Gasteiger partial charge in [0.15, 0.2) is 0 Å². The highest BCUT2D eigenvalue weighted by Gasteiger charge is 2.29. The Bertz CT molecular complexity index is 614. The van der Waals surface area contributed by atoms with Crippen LogP contribution in [0.15, 0.2) is 9.59 Å². The van der Waals surface area contributed by atoms with Crippen molar-refractivity contribution in [2.75, 3.05) is 24.2 Å². The van der Waals surface area contributed by atoms with E-state index < -0.39 is 11.2 Å². The lowest BCUT2D eigenvalue weighted by molar-refractivity contribution is 0.0464. The first-order chi connectivity index (χ1) is 9.79. The molecule has 1 aromatic rings. The summed E-state index contributed by atoms with van der Waals surface area (Å²) >= 11 is 0. The summed E-state index contributed by atoms with van der Waals surface area (Å²) in [6, 6.07) is 0. The van der Waals surface area contributed by atoms with Gasteiger partial charge in [-0.25, -0.2) is 4.79 Å². The average Bonchev–Trinajstić information content (AvgIpc) is 2.32. The van der Waals surface area contributed by atoms with Crippen molar-refractivity contribution in [1.29, 1.82) is 0 Å². The quantitative estimate of drug-likeness (QED) is 0.708. The number of nitrogens with zero attached hydrogens (tertiary/aromatic N) is 2. The highest BCUT2D eigenvalue weighted by atomic mass is 16.3. The minimum atomic E-state index is -0.470. The molecule has 0 amide bonds. The van der Waals surface area contributed by atoms with Gasteiger partial charge in [0.2, 0.25) is 0 Å². The fourth-order valence-corrected chi connectivity index (χ4v) is 2.82. The Morgan fingerprint density at radius 1 is 1.43 bits per heavy atom. The van der Waals surface area contributed by atoms with E-state index in [-0.39, 0.29) is 17.8 Å². The number of hydrogen-bond acceptors (Lipinski definition) is 5. The van der Waals surface area contributed by atoms with Crippen LogP contribution in [0.4, 0.5) is 11.5 Å². The smallest absolute Gasteiger partial charge is 0.330 e. The van der Waals surface area contributed by atoms with Crippen LogP contribution >= 0.6 is 0 Å². The Hall–Kier alpha value is -1.76. The average molecular weight is 296 g/mol. The van der Waals surface area contributed by atoms with E-state index >= 15 is 0 Å². The number of aliphatic hydroxyl groups excluding tert-OH is 1. The molecule has 0 bridgehead atoms. The van der Waals surface area contributed by atoms with Crippen LogP contribution in [0.1, 0.15) is 26.7 Å². The highest BCUT2D eigenvalue weighted by Crippen LogP contribution is 2.29. The van der Waals surface area contributed by atoms with Crippen LogP contribution in [0.25, 0.3) is 0 Å². The molecule has 1 aliphatic rings. The summed E-state index contributed by atoms with van der Waals surface area (Å²) in [7, 11) is 1.79. The molecule has 1 aromatic heterocycles. The summed E-state index contributed by atoms with van der Waals surface area (Å²) in [5.41, 5.74) is 5.45. The van der Waals surface area contributed by atoms with Crippen LogP contribution in [-0.2, 0) is 6.54 Å². The molecular weight excluding hydrogens is 272 g/mol. The molecule has 0 radical (unpaired) electrons. The number of aliphatic hydroxyl groups is 1. The number of H-pyrrole nitrogens is 1. The summed E-state index contributed by atoms with van der Waals surface area (Å²) in [6.45, 7) is 5.07. The fraction of sp³-hybridized carbons (Fsp3) is 0.714. The molecule has 0 aromatic carbocycles. The fourth-order valence-electron chi connectivity index (χ4n) is 2.82. The minimum absolute atomic E-state index is 0.208. The number of nitrogens with two attached hydrogens (primary N) is 1. The molecule has 1 aliphatic carbocycles. The Kier molecular flexibility index (Phi) is 4.41. The summed E-state index contributed by atoms with van der Waals surface area (Å²) in [5, 5.41) is 9.33. The van der Waals surface area contributed by atoms with Crippen molar-refractivity contribution in [1.82, 2.24) is 9.55 Å².